The predicted molar refractivity (Wildman–Crippen MR) is 152 cm³/mol. The first-order chi connectivity index (χ1) is 20.6. The lowest BCUT2D eigenvalue weighted by molar-refractivity contribution is -0.140. The molecule has 0 saturated heterocycles. The van der Waals surface area contributed by atoms with E-state index in [0.717, 1.165) is 24.3 Å². The van der Waals surface area contributed by atoms with Gasteiger partial charge in [0.1, 0.15) is 21.7 Å². The van der Waals surface area contributed by atoms with Crippen molar-refractivity contribution in [2.45, 2.75) is 22.8 Å². The Morgan fingerprint density at radius 3 is 2.27 bits per heavy atom. The average molecular weight is 683 g/mol. The SMILES string of the molecule is COCCC(=O)Nc1c(F)ccc(NC(=O)c2cc(NC(=O)[C@H]3[C@H](c4ccc(F)c(C(F)(F)F)c4)C3(Cl)Cl)ccc2Cl)c1F. The Balaban J connectivity index is 1.51. The van der Waals surface area contributed by atoms with E-state index < -0.39 is 74.5 Å². The van der Waals surface area contributed by atoms with Crippen molar-refractivity contribution >= 4 is 69.6 Å². The summed E-state index contributed by atoms with van der Waals surface area (Å²) in [6.45, 7) is 0.000274. The number of rotatable bonds is 9. The van der Waals surface area contributed by atoms with E-state index in [4.69, 9.17) is 39.5 Å². The molecule has 1 saturated carbocycles. The van der Waals surface area contributed by atoms with Gasteiger partial charge in [-0.15, -0.1) is 23.2 Å². The fourth-order valence-electron chi connectivity index (χ4n) is 4.37. The summed E-state index contributed by atoms with van der Waals surface area (Å²) >= 11 is 18.6. The third-order valence-corrected chi connectivity index (χ3v) is 7.88. The highest BCUT2D eigenvalue weighted by molar-refractivity contribution is 6.53. The first kappa shape index (κ1) is 33.4. The van der Waals surface area contributed by atoms with Crippen molar-refractivity contribution in [3.8, 4) is 0 Å². The summed E-state index contributed by atoms with van der Waals surface area (Å²) in [5, 5.41) is 6.60. The number of halogens is 9. The summed E-state index contributed by atoms with van der Waals surface area (Å²) in [6, 6.07) is 7.54. The van der Waals surface area contributed by atoms with Crippen molar-refractivity contribution in [1.82, 2.24) is 0 Å². The second-order valence-electron chi connectivity index (χ2n) is 9.58. The fourth-order valence-corrected chi connectivity index (χ4v) is 5.40. The van der Waals surface area contributed by atoms with Crippen LogP contribution in [0.4, 0.5) is 43.4 Å². The first-order valence-electron chi connectivity index (χ1n) is 12.5. The van der Waals surface area contributed by atoms with Crippen molar-refractivity contribution < 1.29 is 45.5 Å². The molecule has 2 atom stereocenters. The second-order valence-corrected chi connectivity index (χ2v) is 11.4. The number of ether oxygens (including phenoxy) is 1. The van der Waals surface area contributed by atoms with E-state index in [1.54, 1.807) is 0 Å². The summed E-state index contributed by atoms with van der Waals surface area (Å²) in [5.41, 5.74) is -3.24. The molecule has 0 bridgehead atoms. The van der Waals surface area contributed by atoms with E-state index in [0.29, 0.717) is 12.1 Å². The van der Waals surface area contributed by atoms with E-state index >= 15 is 4.39 Å². The van der Waals surface area contributed by atoms with Crippen molar-refractivity contribution in [1.29, 1.82) is 0 Å². The molecule has 16 heteroatoms. The van der Waals surface area contributed by atoms with Crippen LogP contribution in [-0.2, 0) is 20.5 Å². The van der Waals surface area contributed by atoms with Crippen LogP contribution in [-0.4, -0.2) is 35.8 Å². The quantitative estimate of drug-likeness (QED) is 0.161. The molecule has 3 N–H and O–H groups in total. The van der Waals surface area contributed by atoms with Crippen LogP contribution in [0.15, 0.2) is 48.5 Å². The number of methoxy groups -OCH3 is 1. The fraction of sp³-hybridized carbons (Fsp3) is 0.250. The van der Waals surface area contributed by atoms with Gasteiger partial charge in [-0.05, 0) is 48.0 Å². The zero-order valence-corrected chi connectivity index (χ0v) is 24.5. The molecule has 1 aliphatic rings. The summed E-state index contributed by atoms with van der Waals surface area (Å²) in [5.74, 6) is -8.80. The topological polar surface area (TPSA) is 96.5 Å². The molecular weight excluding hydrogens is 663 g/mol. The minimum atomic E-state index is -5.00. The number of amides is 3. The van der Waals surface area contributed by atoms with Crippen LogP contribution in [0, 0.1) is 23.4 Å². The normalized spacial score (nSPS) is 17.1. The lowest BCUT2D eigenvalue weighted by Gasteiger charge is -2.13. The van der Waals surface area contributed by atoms with Gasteiger partial charge in [-0.25, -0.2) is 13.2 Å². The second kappa shape index (κ2) is 12.8. The van der Waals surface area contributed by atoms with Crippen molar-refractivity contribution in [2.75, 3.05) is 29.7 Å². The predicted octanol–water partition coefficient (Wildman–Crippen LogP) is 7.53. The smallest absolute Gasteiger partial charge is 0.384 e. The Labute approximate surface area is 260 Å². The summed E-state index contributed by atoms with van der Waals surface area (Å²) in [6.07, 6.45) is -5.18. The Morgan fingerprint density at radius 1 is 0.932 bits per heavy atom. The van der Waals surface area contributed by atoms with Gasteiger partial charge in [0.2, 0.25) is 11.8 Å². The molecule has 0 aliphatic heterocycles. The van der Waals surface area contributed by atoms with E-state index in [1.807, 2.05) is 0 Å². The van der Waals surface area contributed by atoms with E-state index in [1.165, 1.54) is 19.2 Å². The zero-order valence-electron chi connectivity index (χ0n) is 22.2. The molecule has 4 rings (SSSR count). The van der Waals surface area contributed by atoms with Gasteiger partial charge in [-0.1, -0.05) is 17.7 Å². The lowest BCUT2D eigenvalue weighted by Crippen LogP contribution is -2.19. The van der Waals surface area contributed by atoms with E-state index in [2.05, 4.69) is 16.0 Å². The summed E-state index contributed by atoms with van der Waals surface area (Å²) in [7, 11) is 1.34. The third kappa shape index (κ3) is 7.06. The number of anilines is 3. The summed E-state index contributed by atoms with van der Waals surface area (Å²) < 4.78 is 85.4. The maximum absolute atomic E-state index is 15.0. The maximum atomic E-state index is 15.0. The highest BCUT2D eigenvalue weighted by Crippen LogP contribution is 2.65. The van der Waals surface area contributed by atoms with Crippen LogP contribution >= 0.6 is 34.8 Å². The zero-order chi connectivity index (χ0) is 32.6. The molecule has 234 valence electrons. The molecule has 0 unspecified atom stereocenters. The Morgan fingerprint density at radius 2 is 1.61 bits per heavy atom. The van der Waals surface area contributed by atoms with E-state index in [9.17, 15) is 36.3 Å². The number of carbonyl (C=O) groups is 3. The van der Waals surface area contributed by atoms with Crippen LogP contribution in [0.25, 0.3) is 0 Å². The van der Waals surface area contributed by atoms with Crippen LogP contribution in [0.1, 0.15) is 33.8 Å². The van der Waals surface area contributed by atoms with Gasteiger partial charge in [0.25, 0.3) is 5.91 Å². The maximum Gasteiger partial charge on any atom is 0.419 e. The monoisotopic (exact) mass is 681 g/mol. The molecular formula is C28H20Cl3F6N3O4. The van der Waals surface area contributed by atoms with Crippen LogP contribution < -0.4 is 16.0 Å². The van der Waals surface area contributed by atoms with Crippen molar-refractivity contribution in [3.05, 3.63) is 87.7 Å². The average Bonchev–Trinajstić information content (AvgIpc) is 3.53. The molecule has 7 nitrogen and oxygen atoms in total. The Hall–Kier alpha value is -3.52. The van der Waals surface area contributed by atoms with Crippen molar-refractivity contribution in [3.63, 3.8) is 0 Å². The van der Waals surface area contributed by atoms with Crippen LogP contribution in [0.5, 0.6) is 0 Å². The molecule has 0 aromatic heterocycles. The number of nitrogens with one attached hydrogen (secondary N) is 3. The van der Waals surface area contributed by atoms with Gasteiger partial charge >= 0.3 is 6.18 Å². The number of hydrogen-bond donors (Lipinski definition) is 3. The Kier molecular flexibility index (Phi) is 9.74. The molecule has 1 fully saturated rings. The molecule has 0 heterocycles. The van der Waals surface area contributed by atoms with Crippen LogP contribution in [0.2, 0.25) is 5.02 Å². The lowest BCUT2D eigenvalue weighted by atomic mass is 10.0. The molecule has 44 heavy (non-hydrogen) atoms. The molecule has 1 aliphatic carbocycles. The minimum absolute atomic E-state index is 0.000274. The number of alkyl halides is 5. The van der Waals surface area contributed by atoms with Gasteiger partial charge in [0.05, 0.1) is 40.8 Å². The van der Waals surface area contributed by atoms with Gasteiger partial charge in [0, 0.05) is 18.7 Å². The van der Waals surface area contributed by atoms with Gasteiger partial charge in [-0.2, -0.15) is 13.2 Å². The highest BCUT2D eigenvalue weighted by atomic mass is 35.5. The van der Waals surface area contributed by atoms with Crippen LogP contribution in [0.3, 0.4) is 0 Å². The number of hydrogen-bond acceptors (Lipinski definition) is 4. The third-order valence-electron chi connectivity index (χ3n) is 6.61. The Bertz CT molecular complexity index is 1640. The highest BCUT2D eigenvalue weighted by Gasteiger charge is 2.67. The standard InChI is InChI=1S/C28H20Cl3F6N3O4/c1-44-9-8-20(41)40-24-18(33)6-7-19(23(24)34)39-25(42)14-11-13(3-4-16(14)29)38-26(43)22-21(27(22,30)31)12-2-5-17(32)15(10-12)28(35,36)37/h2-7,10-11,21-22H,8-9H2,1H3,(H,38,43)(H,39,42)(H,40,41)/t21-,22+/m0/s1. The first-order valence-corrected chi connectivity index (χ1v) is 13.6. The van der Waals surface area contributed by atoms with Crippen molar-refractivity contribution in [2.24, 2.45) is 5.92 Å². The summed E-state index contributed by atoms with van der Waals surface area (Å²) in [4.78, 5) is 37.9. The molecule has 3 aromatic carbocycles. The molecule has 0 radical (unpaired) electrons. The van der Waals surface area contributed by atoms with Gasteiger partial charge in [0.15, 0.2) is 5.82 Å². The molecule has 3 aromatic rings. The largest absolute Gasteiger partial charge is 0.419 e. The van der Waals surface area contributed by atoms with Gasteiger partial charge < -0.3 is 20.7 Å². The number of carbonyl (C=O) groups excluding carboxylic acids is 3. The van der Waals surface area contributed by atoms with E-state index in [-0.39, 0.29) is 34.9 Å². The molecule has 3 amide bonds. The minimum Gasteiger partial charge on any atom is -0.384 e. The number of benzene rings is 3. The molecule has 0 spiro atoms. The van der Waals surface area contributed by atoms with Gasteiger partial charge in [-0.3, -0.25) is 14.4 Å².